The summed E-state index contributed by atoms with van der Waals surface area (Å²) < 4.78 is 5.14. The Morgan fingerprint density at radius 1 is 1.19 bits per heavy atom. The van der Waals surface area contributed by atoms with Gasteiger partial charge < -0.3 is 19.6 Å². The molecule has 3 aliphatic rings. The molecular formula is C24H27N5O3. The van der Waals surface area contributed by atoms with Crippen molar-refractivity contribution in [2.45, 2.75) is 38.9 Å². The van der Waals surface area contributed by atoms with Crippen molar-refractivity contribution in [1.29, 1.82) is 5.26 Å². The first-order valence-electron chi connectivity index (χ1n) is 11.2. The van der Waals surface area contributed by atoms with Crippen LogP contribution < -0.4 is 4.90 Å². The number of ether oxygens (including phenoxy) is 1. The molecule has 1 aromatic heterocycles. The zero-order chi connectivity index (χ0) is 22.3. The van der Waals surface area contributed by atoms with Crippen LogP contribution in [0.1, 0.15) is 58.1 Å². The van der Waals surface area contributed by atoms with Crippen LogP contribution >= 0.6 is 0 Å². The number of likely N-dealkylation sites (tertiary alicyclic amines) is 1. The van der Waals surface area contributed by atoms with E-state index in [2.05, 4.69) is 20.0 Å². The SMILES string of the molecule is Cc1c(C(O)CN2CCC3(CC2)CCN(c2ccc(C#N)nn2)C3)ccc2c1COC2=O. The molecule has 3 aliphatic heterocycles. The van der Waals surface area contributed by atoms with Gasteiger partial charge in [0, 0.05) is 25.2 Å². The lowest BCUT2D eigenvalue weighted by Gasteiger charge is -2.40. The number of esters is 1. The number of β-amino-alcohol motifs (C(OH)–C–C–N with tert-alkyl or cyclic N) is 1. The van der Waals surface area contributed by atoms with E-state index in [4.69, 9.17) is 10.00 Å². The van der Waals surface area contributed by atoms with Gasteiger partial charge in [-0.2, -0.15) is 5.26 Å². The van der Waals surface area contributed by atoms with Crippen molar-refractivity contribution >= 4 is 11.8 Å². The minimum atomic E-state index is -0.584. The van der Waals surface area contributed by atoms with E-state index in [1.54, 1.807) is 12.1 Å². The van der Waals surface area contributed by atoms with Gasteiger partial charge in [0.25, 0.3) is 0 Å². The van der Waals surface area contributed by atoms with Crippen LogP contribution in [-0.4, -0.2) is 58.9 Å². The molecule has 1 N–H and O–H groups in total. The minimum absolute atomic E-state index is 0.275. The molecule has 0 saturated carbocycles. The summed E-state index contributed by atoms with van der Waals surface area (Å²) in [6, 6.07) is 9.26. The van der Waals surface area contributed by atoms with E-state index in [9.17, 15) is 9.90 Å². The third-order valence-corrected chi connectivity index (χ3v) is 7.44. The van der Waals surface area contributed by atoms with Crippen LogP contribution in [0.4, 0.5) is 5.82 Å². The van der Waals surface area contributed by atoms with Gasteiger partial charge in [0.1, 0.15) is 12.7 Å². The first-order chi connectivity index (χ1) is 15.5. The van der Waals surface area contributed by atoms with Gasteiger partial charge in [-0.15, -0.1) is 10.2 Å². The maximum absolute atomic E-state index is 11.8. The molecule has 4 heterocycles. The van der Waals surface area contributed by atoms with E-state index < -0.39 is 6.10 Å². The summed E-state index contributed by atoms with van der Waals surface area (Å²) in [5.74, 6) is 0.566. The van der Waals surface area contributed by atoms with Crippen molar-refractivity contribution < 1.29 is 14.6 Å². The van der Waals surface area contributed by atoms with Gasteiger partial charge in [0.2, 0.25) is 0 Å². The van der Waals surface area contributed by atoms with Crippen LogP contribution in [0.3, 0.4) is 0 Å². The van der Waals surface area contributed by atoms with Crippen LogP contribution in [0.5, 0.6) is 0 Å². The molecule has 5 rings (SSSR count). The fourth-order valence-electron chi connectivity index (χ4n) is 5.37. The Bertz CT molecular complexity index is 1070. The normalized spacial score (nSPS) is 20.8. The second-order valence-corrected chi connectivity index (χ2v) is 9.26. The number of benzene rings is 1. The van der Waals surface area contributed by atoms with E-state index >= 15 is 0 Å². The highest BCUT2D eigenvalue weighted by molar-refractivity contribution is 5.93. The predicted molar refractivity (Wildman–Crippen MR) is 117 cm³/mol. The number of nitrogens with zero attached hydrogens (tertiary/aromatic N) is 5. The van der Waals surface area contributed by atoms with E-state index in [0.29, 0.717) is 24.4 Å². The summed E-state index contributed by atoms with van der Waals surface area (Å²) in [5.41, 5.74) is 3.99. The van der Waals surface area contributed by atoms with Gasteiger partial charge in [-0.05, 0) is 74.0 Å². The molecule has 0 bridgehead atoms. The molecule has 8 heteroatoms. The number of piperidine rings is 1. The molecule has 0 aliphatic carbocycles. The van der Waals surface area contributed by atoms with Crippen LogP contribution in [0.2, 0.25) is 0 Å². The molecule has 0 radical (unpaired) electrons. The number of aliphatic hydroxyl groups is 1. The Labute approximate surface area is 187 Å². The topological polar surface area (TPSA) is 103 Å². The second-order valence-electron chi connectivity index (χ2n) is 9.26. The van der Waals surface area contributed by atoms with Crippen LogP contribution in [0.15, 0.2) is 24.3 Å². The van der Waals surface area contributed by atoms with Gasteiger partial charge in [-0.1, -0.05) is 6.07 Å². The third kappa shape index (κ3) is 3.72. The summed E-state index contributed by atoms with van der Waals surface area (Å²) in [5, 5.41) is 28.0. The number of fused-ring (bicyclic) bond motifs is 1. The van der Waals surface area contributed by atoms with E-state index in [1.807, 2.05) is 25.1 Å². The lowest BCUT2D eigenvalue weighted by molar-refractivity contribution is 0.0534. The molecule has 2 aromatic rings. The Kier molecular flexibility index (Phi) is 5.31. The highest BCUT2D eigenvalue weighted by atomic mass is 16.5. The number of cyclic esters (lactones) is 1. The summed E-state index contributed by atoms with van der Waals surface area (Å²) in [7, 11) is 0. The number of rotatable bonds is 4. The lowest BCUT2D eigenvalue weighted by Crippen LogP contribution is -2.43. The molecule has 2 fully saturated rings. The number of hydrogen-bond donors (Lipinski definition) is 1. The molecule has 32 heavy (non-hydrogen) atoms. The quantitative estimate of drug-likeness (QED) is 0.733. The molecule has 166 valence electrons. The fraction of sp³-hybridized carbons (Fsp3) is 0.500. The van der Waals surface area contributed by atoms with Crippen LogP contribution in [0, 0.1) is 23.7 Å². The largest absolute Gasteiger partial charge is 0.457 e. The van der Waals surface area contributed by atoms with E-state index in [0.717, 1.165) is 67.9 Å². The lowest BCUT2D eigenvalue weighted by atomic mass is 9.77. The van der Waals surface area contributed by atoms with Crippen molar-refractivity contribution in [2.75, 3.05) is 37.6 Å². The number of carbonyl (C=O) groups excluding carboxylic acids is 1. The number of nitriles is 1. The maximum atomic E-state index is 11.8. The van der Waals surface area contributed by atoms with E-state index in [-0.39, 0.29) is 11.4 Å². The smallest absolute Gasteiger partial charge is 0.338 e. The molecular weight excluding hydrogens is 406 g/mol. The number of aromatic nitrogens is 2. The van der Waals surface area contributed by atoms with Crippen molar-refractivity contribution in [3.63, 3.8) is 0 Å². The molecule has 1 atom stereocenters. The first kappa shape index (κ1) is 20.9. The van der Waals surface area contributed by atoms with Crippen LogP contribution in [-0.2, 0) is 11.3 Å². The Hall–Kier alpha value is -3.02. The number of hydrogen-bond acceptors (Lipinski definition) is 8. The number of anilines is 1. The highest BCUT2D eigenvalue weighted by Crippen LogP contribution is 2.42. The Morgan fingerprint density at radius 2 is 1.97 bits per heavy atom. The number of carbonyl (C=O) groups is 1. The van der Waals surface area contributed by atoms with Crippen molar-refractivity contribution in [3.05, 3.63) is 52.2 Å². The van der Waals surface area contributed by atoms with Crippen molar-refractivity contribution in [3.8, 4) is 6.07 Å². The summed E-state index contributed by atoms with van der Waals surface area (Å²) in [6.45, 7) is 6.68. The average molecular weight is 434 g/mol. The fourth-order valence-corrected chi connectivity index (χ4v) is 5.37. The summed E-state index contributed by atoms with van der Waals surface area (Å²) in [4.78, 5) is 16.4. The molecule has 0 amide bonds. The zero-order valence-electron chi connectivity index (χ0n) is 18.3. The molecule has 1 aromatic carbocycles. The van der Waals surface area contributed by atoms with Gasteiger partial charge in [0.15, 0.2) is 11.5 Å². The van der Waals surface area contributed by atoms with Gasteiger partial charge in [-0.3, -0.25) is 0 Å². The summed E-state index contributed by atoms with van der Waals surface area (Å²) >= 11 is 0. The third-order valence-electron chi connectivity index (χ3n) is 7.44. The molecule has 1 spiro atoms. The van der Waals surface area contributed by atoms with Gasteiger partial charge in [-0.25, -0.2) is 4.79 Å². The van der Waals surface area contributed by atoms with Gasteiger partial charge in [0.05, 0.1) is 11.7 Å². The Morgan fingerprint density at radius 3 is 2.69 bits per heavy atom. The highest BCUT2D eigenvalue weighted by Gasteiger charge is 2.41. The Balaban J connectivity index is 1.18. The van der Waals surface area contributed by atoms with Gasteiger partial charge >= 0.3 is 5.97 Å². The zero-order valence-corrected chi connectivity index (χ0v) is 18.3. The van der Waals surface area contributed by atoms with E-state index in [1.165, 1.54) is 0 Å². The predicted octanol–water partition coefficient (Wildman–Crippen LogP) is 2.35. The molecule has 2 saturated heterocycles. The average Bonchev–Trinajstić information content (AvgIpc) is 3.40. The standard InChI is InChI=1S/C24H27N5O3/c1-16-18(3-4-19-20(16)14-32-23(19)31)21(30)13-28-9-6-24(7-10-28)8-11-29(15-24)22-5-2-17(12-25)26-27-22/h2-5,21,30H,6-11,13-15H2,1H3. The number of aliphatic hydroxyl groups excluding tert-OH is 1. The van der Waals surface area contributed by atoms with Crippen molar-refractivity contribution in [2.24, 2.45) is 5.41 Å². The first-order valence-corrected chi connectivity index (χ1v) is 11.2. The maximum Gasteiger partial charge on any atom is 0.338 e. The molecule has 8 nitrogen and oxygen atoms in total. The van der Waals surface area contributed by atoms with Crippen molar-refractivity contribution in [1.82, 2.24) is 15.1 Å². The molecule has 1 unspecified atom stereocenters. The monoisotopic (exact) mass is 433 g/mol. The second kappa shape index (κ2) is 8.15. The summed E-state index contributed by atoms with van der Waals surface area (Å²) in [6.07, 6.45) is 2.72. The minimum Gasteiger partial charge on any atom is -0.457 e. The van der Waals surface area contributed by atoms with Crippen LogP contribution in [0.25, 0.3) is 0 Å².